The summed E-state index contributed by atoms with van der Waals surface area (Å²) in [5, 5.41) is 12.6. The monoisotopic (exact) mass is 507 g/mol. The van der Waals surface area contributed by atoms with E-state index in [0.29, 0.717) is 29.8 Å². The van der Waals surface area contributed by atoms with E-state index in [1.165, 1.54) is 7.11 Å². The minimum Gasteiger partial charge on any atom is -0.466 e. The third-order valence-corrected chi connectivity index (χ3v) is 11.1. The SMILES string of the molecule is COC(=O)C1=C2C3(O)CC4CC5C3CCC(C)N5C24C2CCCC(OC)C2C1C(=O)Oc1ccccc1. The summed E-state index contributed by atoms with van der Waals surface area (Å²) in [6.07, 6.45) is 6.31. The molecule has 6 aliphatic rings. The number of methoxy groups -OCH3 is 2. The molecule has 7 rings (SSSR count). The molecule has 7 heteroatoms. The first-order valence-corrected chi connectivity index (χ1v) is 14.0. The molecule has 11 atom stereocenters. The zero-order valence-electron chi connectivity index (χ0n) is 21.9. The maximum absolute atomic E-state index is 14.1. The maximum atomic E-state index is 14.1. The number of rotatable bonds is 4. The Labute approximate surface area is 218 Å². The van der Waals surface area contributed by atoms with E-state index >= 15 is 0 Å². The van der Waals surface area contributed by atoms with Crippen LogP contribution in [0.5, 0.6) is 5.75 Å². The first kappa shape index (κ1) is 23.9. The highest BCUT2D eigenvalue weighted by molar-refractivity contribution is 5.99. The minimum absolute atomic E-state index is 0.0781. The average molecular weight is 508 g/mol. The van der Waals surface area contributed by atoms with Crippen molar-refractivity contribution in [3.8, 4) is 5.75 Å². The van der Waals surface area contributed by atoms with Gasteiger partial charge in [-0.2, -0.15) is 0 Å². The highest BCUT2D eigenvalue weighted by atomic mass is 16.5. The molecule has 5 bridgehead atoms. The predicted octanol–water partition coefficient (Wildman–Crippen LogP) is 3.50. The summed E-state index contributed by atoms with van der Waals surface area (Å²) in [4.78, 5) is 30.6. The molecular formula is C30H37NO6. The Balaban J connectivity index is 1.49. The molecule has 37 heavy (non-hydrogen) atoms. The molecule has 11 unspecified atom stereocenters. The summed E-state index contributed by atoms with van der Waals surface area (Å²) < 4.78 is 17.4. The van der Waals surface area contributed by atoms with Gasteiger partial charge in [0.1, 0.15) is 5.75 Å². The van der Waals surface area contributed by atoms with E-state index in [1.807, 2.05) is 18.2 Å². The lowest BCUT2D eigenvalue weighted by atomic mass is 9.51. The number of piperidine rings is 2. The van der Waals surface area contributed by atoms with E-state index in [2.05, 4.69) is 11.8 Å². The van der Waals surface area contributed by atoms with Gasteiger partial charge in [0.2, 0.25) is 0 Å². The number of hydrogen-bond donors (Lipinski definition) is 1. The molecule has 198 valence electrons. The van der Waals surface area contributed by atoms with Gasteiger partial charge in [0.25, 0.3) is 0 Å². The standard InChI is InChI=1S/C30H37NO6/c1-16-12-13-19-21-14-17-15-29(19,34)26-25(27(32)36-3)24(28(33)37-18-8-5-4-6-9-18)23-20(30(17,26)31(16)21)10-7-11-22(23)35-2/h4-6,8-9,16-17,19-24,34H,7,10-15H2,1-3H3. The van der Waals surface area contributed by atoms with Crippen molar-refractivity contribution in [3.05, 3.63) is 41.5 Å². The molecule has 5 fully saturated rings. The van der Waals surface area contributed by atoms with Gasteiger partial charge < -0.3 is 19.3 Å². The third-order valence-electron chi connectivity index (χ3n) is 11.1. The zero-order chi connectivity index (χ0) is 25.7. The lowest BCUT2D eigenvalue weighted by Gasteiger charge is -2.65. The Morgan fingerprint density at radius 2 is 1.84 bits per heavy atom. The average Bonchev–Trinajstić information content (AvgIpc) is 3.30. The Hall–Kier alpha value is -2.22. The Kier molecular flexibility index (Phi) is 5.25. The van der Waals surface area contributed by atoms with Gasteiger partial charge >= 0.3 is 11.9 Å². The van der Waals surface area contributed by atoms with Crippen molar-refractivity contribution in [2.75, 3.05) is 14.2 Å². The number of hydrogen-bond acceptors (Lipinski definition) is 7. The summed E-state index contributed by atoms with van der Waals surface area (Å²) in [5.41, 5.74) is -0.354. The smallest absolute Gasteiger partial charge is 0.334 e. The van der Waals surface area contributed by atoms with Gasteiger partial charge in [-0.05, 0) is 75.0 Å². The highest BCUT2D eigenvalue weighted by Gasteiger charge is 2.81. The molecule has 0 amide bonds. The van der Waals surface area contributed by atoms with Crippen molar-refractivity contribution < 1.29 is 28.9 Å². The molecule has 0 radical (unpaired) electrons. The fourth-order valence-corrected chi connectivity index (χ4v) is 10.3. The van der Waals surface area contributed by atoms with Gasteiger partial charge in [0, 0.05) is 31.0 Å². The summed E-state index contributed by atoms with van der Waals surface area (Å²) in [6, 6.07) is 9.72. The summed E-state index contributed by atoms with van der Waals surface area (Å²) in [7, 11) is 3.09. The van der Waals surface area contributed by atoms with Crippen LogP contribution in [0.3, 0.4) is 0 Å². The van der Waals surface area contributed by atoms with Gasteiger partial charge in [-0.3, -0.25) is 9.69 Å². The van der Waals surface area contributed by atoms with Gasteiger partial charge in [-0.15, -0.1) is 0 Å². The highest BCUT2D eigenvalue weighted by Crippen LogP contribution is 2.75. The van der Waals surface area contributed by atoms with Crippen LogP contribution in [-0.4, -0.2) is 65.5 Å². The van der Waals surface area contributed by atoms with Crippen LogP contribution in [0.1, 0.15) is 51.9 Å². The van der Waals surface area contributed by atoms with Crippen molar-refractivity contribution in [2.24, 2.45) is 29.6 Å². The van der Waals surface area contributed by atoms with Crippen LogP contribution < -0.4 is 4.74 Å². The lowest BCUT2D eigenvalue weighted by Crippen LogP contribution is -2.73. The second-order valence-electron chi connectivity index (χ2n) is 12.3. The third kappa shape index (κ3) is 2.83. The number of ether oxygens (including phenoxy) is 3. The molecule has 1 N–H and O–H groups in total. The van der Waals surface area contributed by atoms with Crippen LogP contribution in [0, 0.1) is 29.6 Å². The van der Waals surface area contributed by atoms with E-state index in [0.717, 1.165) is 44.1 Å². The molecule has 1 aromatic carbocycles. The summed E-state index contributed by atoms with van der Waals surface area (Å²) >= 11 is 0. The first-order chi connectivity index (χ1) is 17.9. The summed E-state index contributed by atoms with van der Waals surface area (Å²) in [6.45, 7) is 2.31. The van der Waals surface area contributed by atoms with Crippen LogP contribution in [0.4, 0.5) is 0 Å². The zero-order valence-corrected chi connectivity index (χ0v) is 21.9. The van der Waals surface area contributed by atoms with Crippen LogP contribution >= 0.6 is 0 Å². The van der Waals surface area contributed by atoms with E-state index in [1.54, 1.807) is 19.2 Å². The molecular weight excluding hydrogens is 470 g/mol. The molecule has 1 aromatic rings. The van der Waals surface area contributed by atoms with Gasteiger partial charge in [-0.1, -0.05) is 24.6 Å². The fraction of sp³-hybridized carbons (Fsp3) is 0.667. The molecule has 7 nitrogen and oxygen atoms in total. The van der Waals surface area contributed by atoms with Gasteiger partial charge in [-0.25, -0.2) is 4.79 Å². The second kappa shape index (κ2) is 8.14. The van der Waals surface area contributed by atoms with Crippen molar-refractivity contribution in [1.82, 2.24) is 4.90 Å². The van der Waals surface area contributed by atoms with E-state index in [9.17, 15) is 14.7 Å². The van der Waals surface area contributed by atoms with Crippen molar-refractivity contribution in [1.29, 1.82) is 0 Å². The maximum Gasteiger partial charge on any atom is 0.334 e. The normalized spacial score (nSPS) is 46.9. The predicted molar refractivity (Wildman–Crippen MR) is 134 cm³/mol. The first-order valence-electron chi connectivity index (χ1n) is 14.0. The Morgan fingerprint density at radius 1 is 1.05 bits per heavy atom. The van der Waals surface area contributed by atoms with Crippen molar-refractivity contribution in [2.45, 2.75) is 81.2 Å². The largest absolute Gasteiger partial charge is 0.466 e. The number of benzene rings is 1. The topological polar surface area (TPSA) is 85.3 Å². The Morgan fingerprint density at radius 3 is 2.57 bits per heavy atom. The number of esters is 2. The van der Waals surface area contributed by atoms with Crippen LogP contribution in [0.25, 0.3) is 0 Å². The number of nitrogens with zero attached hydrogens (tertiary/aromatic N) is 1. The minimum atomic E-state index is -1.08. The molecule has 3 aliphatic heterocycles. The van der Waals surface area contributed by atoms with E-state index in [-0.39, 0.29) is 29.8 Å². The number of carbonyl (C=O) groups is 2. The summed E-state index contributed by atoms with van der Waals surface area (Å²) in [5.74, 6) is -1.14. The molecule has 3 heterocycles. The molecule has 2 saturated carbocycles. The van der Waals surface area contributed by atoms with Gasteiger partial charge in [0.05, 0.1) is 35.8 Å². The number of aliphatic hydroxyl groups is 1. The number of carbonyl (C=O) groups excluding carboxylic acids is 2. The molecule has 3 saturated heterocycles. The second-order valence-corrected chi connectivity index (χ2v) is 12.3. The van der Waals surface area contributed by atoms with Crippen molar-refractivity contribution in [3.63, 3.8) is 0 Å². The van der Waals surface area contributed by atoms with Crippen LogP contribution in [-0.2, 0) is 19.1 Å². The number of fused-ring (bicyclic) bond motifs is 2. The van der Waals surface area contributed by atoms with Gasteiger partial charge in [0.15, 0.2) is 0 Å². The van der Waals surface area contributed by atoms with E-state index < -0.39 is 29.0 Å². The lowest BCUT2D eigenvalue weighted by molar-refractivity contribution is -0.167. The molecule has 0 aromatic heterocycles. The van der Waals surface area contributed by atoms with Crippen LogP contribution in [0.15, 0.2) is 41.5 Å². The van der Waals surface area contributed by atoms with Crippen molar-refractivity contribution >= 4 is 11.9 Å². The molecule has 1 spiro atoms. The number of para-hydroxylation sites is 1. The van der Waals surface area contributed by atoms with E-state index in [4.69, 9.17) is 14.2 Å². The molecule has 3 aliphatic carbocycles. The Bertz CT molecular complexity index is 1170. The van der Waals surface area contributed by atoms with Crippen LogP contribution in [0.2, 0.25) is 0 Å². The fourth-order valence-electron chi connectivity index (χ4n) is 10.3. The quantitative estimate of drug-likeness (QED) is 0.493.